The smallest absolute Gasteiger partial charge is 0.228 e. The fraction of sp³-hybridized carbons (Fsp3) is 0.519. The number of carbonyl (C=O) groups excluding carboxylic acids is 1. The van der Waals surface area contributed by atoms with Gasteiger partial charge < -0.3 is 29.5 Å². The molecule has 2 fully saturated rings. The van der Waals surface area contributed by atoms with Crippen LogP contribution in [0.2, 0.25) is 0 Å². The molecule has 192 valence electrons. The Labute approximate surface area is 212 Å². The summed E-state index contributed by atoms with van der Waals surface area (Å²) < 4.78 is 7.47. The number of ether oxygens (including phenoxy) is 1. The molecule has 0 spiro atoms. The van der Waals surface area contributed by atoms with Gasteiger partial charge in [-0.2, -0.15) is 4.98 Å². The minimum atomic E-state index is 0.0833. The molecule has 1 saturated carbocycles. The Hall–Kier alpha value is -3.49. The monoisotopic (exact) mass is 492 g/mol. The second kappa shape index (κ2) is 9.87. The number of piperazine rings is 1. The molecule has 2 aromatic heterocycles. The van der Waals surface area contributed by atoms with Gasteiger partial charge in [-0.1, -0.05) is 12.1 Å². The van der Waals surface area contributed by atoms with E-state index in [0.29, 0.717) is 50.2 Å². The third-order valence-corrected chi connectivity index (χ3v) is 7.16. The number of anilines is 2. The second-order valence-corrected chi connectivity index (χ2v) is 10.0. The van der Waals surface area contributed by atoms with Gasteiger partial charge in [0.1, 0.15) is 17.1 Å². The molecule has 1 aliphatic heterocycles. The number of nitrogens with one attached hydrogen (secondary N) is 1. The van der Waals surface area contributed by atoms with E-state index in [1.54, 1.807) is 6.92 Å². The van der Waals surface area contributed by atoms with Crippen molar-refractivity contribution in [3.63, 3.8) is 0 Å². The summed E-state index contributed by atoms with van der Waals surface area (Å²) in [4.78, 5) is 25.5. The van der Waals surface area contributed by atoms with E-state index in [0.717, 1.165) is 29.8 Å². The Morgan fingerprint density at radius 1 is 1.14 bits per heavy atom. The van der Waals surface area contributed by atoms with Crippen molar-refractivity contribution in [3.05, 3.63) is 36.0 Å². The van der Waals surface area contributed by atoms with E-state index in [2.05, 4.69) is 22.3 Å². The fourth-order valence-corrected chi connectivity index (χ4v) is 4.93. The summed E-state index contributed by atoms with van der Waals surface area (Å²) in [6.07, 6.45) is 4.27. The van der Waals surface area contributed by atoms with Crippen molar-refractivity contribution >= 4 is 28.6 Å². The molecule has 36 heavy (non-hydrogen) atoms. The number of nitrogens with zero attached hydrogens (tertiary/aromatic N) is 5. The molecule has 0 unspecified atom stereocenters. The van der Waals surface area contributed by atoms with E-state index in [9.17, 15) is 9.90 Å². The van der Waals surface area contributed by atoms with Gasteiger partial charge in [0.15, 0.2) is 0 Å². The first kappa shape index (κ1) is 24.2. The molecule has 0 radical (unpaired) electrons. The van der Waals surface area contributed by atoms with E-state index >= 15 is 0 Å². The zero-order valence-electron chi connectivity index (χ0n) is 21.6. The lowest BCUT2D eigenvalue weighted by Crippen LogP contribution is -2.48. The van der Waals surface area contributed by atoms with Crippen molar-refractivity contribution in [1.82, 2.24) is 19.4 Å². The minimum Gasteiger partial charge on any atom is -0.494 e. The predicted molar refractivity (Wildman–Crippen MR) is 141 cm³/mol. The summed E-state index contributed by atoms with van der Waals surface area (Å²) in [6, 6.07) is 8.47. The average Bonchev–Trinajstić information content (AvgIpc) is 3.66. The molecule has 5 rings (SSSR count). The number of carbonyl (C=O) groups is 1. The maximum absolute atomic E-state index is 11.8. The molecule has 1 amide bonds. The fourth-order valence-electron chi connectivity index (χ4n) is 4.93. The molecule has 3 aromatic rings. The molecule has 2 aliphatic rings. The molecule has 2 N–H and O–H groups in total. The van der Waals surface area contributed by atoms with Gasteiger partial charge in [0.25, 0.3) is 0 Å². The number of hydrogen-bond acceptors (Lipinski definition) is 7. The van der Waals surface area contributed by atoms with Gasteiger partial charge in [-0.15, -0.1) is 0 Å². The molecule has 0 bridgehead atoms. The van der Waals surface area contributed by atoms with Gasteiger partial charge in [-0.3, -0.25) is 4.79 Å². The van der Waals surface area contributed by atoms with Crippen molar-refractivity contribution in [2.75, 3.05) is 43.0 Å². The van der Waals surface area contributed by atoms with Crippen LogP contribution in [0.3, 0.4) is 0 Å². The quantitative estimate of drug-likeness (QED) is 0.483. The topological polar surface area (TPSA) is 95.8 Å². The number of rotatable bonds is 8. The highest BCUT2D eigenvalue weighted by Crippen LogP contribution is 2.44. The number of aromatic nitrogens is 3. The van der Waals surface area contributed by atoms with Gasteiger partial charge in [0, 0.05) is 45.3 Å². The summed E-state index contributed by atoms with van der Waals surface area (Å²) in [7, 11) is 0. The Morgan fingerprint density at radius 3 is 2.42 bits per heavy atom. The third-order valence-electron chi connectivity index (χ3n) is 7.16. The van der Waals surface area contributed by atoms with Crippen molar-refractivity contribution in [2.24, 2.45) is 5.92 Å². The van der Waals surface area contributed by atoms with Crippen molar-refractivity contribution in [2.45, 2.75) is 52.6 Å². The van der Waals surface area contributed by atoms with E-state index in [-0.39, 0.29) is 23.9 Å². The van der Waals surface area contributed by atoms with Gasteiger partial charge in [-0.25, -0.2) is 4.98 Å². The standard InChI is InChI=1S/C27H36N6O3/c1-5-36-21-10-8-20(9-11-21)23(19-6-7-19)28-25-22-16-33(17(2)3)26(35)24(22)29-27(30-25)32-14-12-31(13-15-32)18(4)34/h8-11,16-17,19,23,35H,5-7,12-15H2,1-4H3,(H,28,29,30)/t23-/m1/s1. The maximum Gasteiger partial charge on any atom is 0.228 e. The van der Waals surface area contributed by atoms with E-state index in [1.165, 1.54) is 5.56 Å². The molecule has 9 nitrogen and oxygen atoms in total. The van der Waals surface area contributed by atoms with Crippen LogP contribution in [0.25, 0.3) is 10.9 Å². The van der Waals surface area contributed by atoms with E-state index in [4.69, 9.17) is 14.7 Å². The Morgan fingerprint density at radius 2 is 1.83 bits per heavy atom. The van der Waals surface area contributed by atoms with Crippen molar-refractivity contribution in [3.8, 4) is 11.6 Å². The predicted octanol–water partition coefficient (Wildman–Crippen LogP) is 4.35. The van der Waals surface area contributed by atoms with Crippen LogP contribution < -0.4 is 15.0 Å². The summed E-state index contributed by atoms with van der Waals surface area (Å²) in [5.41, 5.74) is 1.74. The van der Waals surface area contributed by atoms with Crippen molar-refractivity contribution in [1.29, 1.82) is 0 Å². The lowest BCUT2D eigenvalue weighted by Gasteiger charge is -2.34. The lowest BCUT2D eigenvalue weighted by atomic mass is 10.0. The normalized spacial score (nSPS) is 17.0. The van der Waals surface area contributed by atoms with Crippen LogP contribution in [0.15, 0.2) is 30.5 Å². The number of benzene rings is 1. The zero-order valence-corrected chi connectivity index (χ0v) is 21.6. The number of fused-ring (bicyclic) bond motifs is 1. The SMILES string of the molecule is CCOc1ccc([C@H](Nc2nc(N3CCN(C(C)=O)CC3)nc3c(O)n(C(C)C)cc23)C2CC2)cc1. The van der Waals surface area contributed by atoms with Crippen LogP contribution in [0.4, 0.5) is 11.8 Å². The third kappa shape index (κ3) is 4.79. The second-order valence-electron chi connectivity index (χ2n) is 10.0. The lowest BCUT2D eigenvalue weighted by molar-refractivity contribution is -0.129. The summed E-state index contributed by atoms with van der Waals surface area (Å²) in [6.45, 7) is 10.9. The number of aromatic hydroxyl groups is 1. The van der Waals surface area contributed by atoms with Crippen LogP contribution in [0.5, 0.6) is 11.6 Å². The summed E-state index contributed by atoms with van der Waals surface area (Å²) in [5, 5.41) is 15.6. The maximum atomic E-state index is 11.8. The first-order valence-corrected chi connectivity index (χ1v) is 13.0. The molecule has 1 atom stereocenters. The molecule has 1 aromatic carbocycles. The van der Waals surface area contributed by atoms with Crippen LogP contribution in [0.1, 0.15) is 58.2 Å². The minimum absolute atomic E-state index is 0.0833. The van der Waals surface area contributed by atoms with Crippen LogP contribution in [0, 0.1) is 5.92 Å². The Kier molecular flexibility index (Phi) is 6.64. The summed E-state index contributed by atoms with van der Waals surface area (Å²) in [5.74, 6) is 2.93. The molecule has 9 heteroatoms. The largest absolute Gasteiger partial charge is 0.494 e. The Balaban J connectivity index is 1.51. The summed E-state index contributed by atoms with van der Waals surface area (Å²) >= 11 is 0. The Bertz CT molecular complexity index is 1230. The van der Waals surface area contributed by atoms with E-state index < -0.39 is 0 Å². The van der Waals surface area contributed by atoms with E-state index in [1.807, 2.05) is 48.6 Å². The molecule has 1 aliphatic carbocycles. The van der Waals surface area contributed by atoms with Gasteiger partial charge in [0.2, 0.25) is 17.7 Å². The molecule has 1 saturated heterocycles. The van der Waals surface area contributed by atoms with Crippen LogP contribution >= 0.6 is 0 Å². The van der Waals surface area contributed by atoms with Gasteiger partial charge in [-0.05, 0) is 57.2 Å². The average molecular weight is 493 g/mol. The molecular weight excluding hydrogens is 456 g/mol. The first-order chi connectivity index (χ1) is 17.4. The highest BCUT2D eigenvalue weighted by Gasteiger charge is 2.34. The van der Waals surface area contributed by atoms with Gasteiger partial charge >= 0.3 is 0 Å². The zero-order chi connectivity index (χ0) is 25.4. The number of hydrogen-bond donors (Lipinski definition) is 2. The molecule has 3 heterocycles. The van der Waals surface area contributed by atoms with Crippen molar-refractivity contribution < 1.29 is 14.6 Å². The van der Waals surface area contributed by atoms with Gasteiger partial charge in [0.05, 0.1) is 18.0 Å². The highest BCUT2D eigenvalue weighted by molar-refractivity contribution is 5.94. The first-order valence-electron chi connectivity index (χ1n) is 13.0. The van der Waals surface area contributed by atoms with Crippen LogP contribution in [-0.2, 0) is 4.79 Å². The highest BCUT2D eigenvalue weighted by atomic mass is 16.5. The number of amides is 1. The molecular formula is C27H36N6O3. The van der Waals surface area contributed by atoms with Crippen LogP contribution in [-0.4, -0.2) is 63.2 Å².